The first-order valence-electron chi connectivity index (χ1n) is 3.64. The smallest absolute Gasteiger partial charge is 0.0418 e. The molecule has 0 aliphatic heterocycles. The maximum atomic E-state index is 8.34. The van der Waals surface area contributed by atoms with Gasteiger partial charge in [0.05, 0.1) is 0 Å². The molecule has 0 aliphatic rings. The number of thiol groups is 1. The first-order valence-corrected chi connectivity index (χ1v) is 5.35. The molecule has 3 nitrogen and oxygen atoms in total. The van der Waals surface area contributed by atoms with Crippen molar-refractivity contribution in [1.29, 1.82) is 0 Å². The lowest BCUT2D eigenvalue weighted by molar-refractivity contribution is 1.27. The minimum Gasteiger partial charge on any atom is -0.175 e. The normalized spacial score (nSPS) is 9.46. The molecule has 5 heteroatoms. The van der Waals surface area contributed by atoms with Gasteiger partial charge in [0.15, 0.2) is 0 Å². The Balaban J connectivity index is 3.34. The zero-order chi connectivity index (χ0) is 9.84. The van der Waals surface area contributed by atoms with Crippen LogP contribution >= 0.6 is 35.2 Å². The molecule has 0 bridgehead atoms. The second-order valence-electron chi connectivity index (χ2n) is 2.56. The zero-order valence-corrected chi connectivity index (χ0v) is 10.1. The monoisotopic (exact) mass is 305 g/mol. The van der Waals surface area contributed by atoms with Gasteiger partial charge >= 0.3 is 0 Å². The quantitative estimate of drug-likeness (QED) is 0.283. The van der Waals surface area contributed by atoms with Crippen LogP contribution in [0.5, 0.6) is 0 Å². The third kappa shape index (κ3) is 2.52. The van der Waals surface area contributed by atoms with E-state index in [1.165, 1.54) is 0 Å². The van der Waals surface area contributed by atoms with Crippen LogP contribution in [0.25, 0.3) is 10.4 Å². The largest absolute Gasteiger partial charge is 0.175 e. The van der Waals surface area contributed by atoms with Gasteiger partial charge in [-0.15, -0.1) is 0 Å². The van der Waals surface area contributed by atoms with Gasteiger partial charge in [-0.05, 0) is 58.3 Å². The van der Waals surface area contributed by atoms with E-state index < -0.39 is 0 Å². The van der Waals surface area contributed by atoms with Crippen LogP contribution in [-0.2, 0) is 5.75 Å². The van der Waals surface area contributed by atoms with E-state index in [4.69, 9.17) is 5.53 Å². The topological polar surface area (TPSA) is 48.8 Å². The summed E-state index contributed by atoms with van der Waals surface area (Å²) in [5, 5.41) is 3.62. The standard InChI is InChI=1S/C8H8IN3S/c1-5-6(4-13)2-7(9)3-8(5)11-12-10/h2-3,13H,4H2,1H3. The van der Waals surface area contributed by atoms with Crippen molar-refractivity contribution in [2.75, 3.05) is 0 Å². The molecular formula is C8H8IN3S. The van der Waals surface area contributed by atoms with Crippen LogP contribution in [0.15, 0.2) is 17.2 Å². The zero-order valence-electron chi connectivity index (χ0n) is 7.03. The van der Waals surface area contributed by atoms with Gasteiger partial charge in [-0.1, -0.05) is 5.11 Å². The highest BCUT2D eigenvalue weighted by atomic mass is 127. The molecule has 0 aromatic heterocycles. The van der Waals surface area contributed by atoms with E-state index in [2.05, 4.69) is 45.2 Å². The van der Waals surface area contributed by atoms with Gasteiger partial charge in [0.1, 0.15) is 0 Å². The van der Waals surface area contributed by atoms with Gasteiger partial charge in [-0.2, -0.15) is 12.6 Å². The van der Waals surface area contributed by atoms with Crippen molar-refractivity contribution in [1.82, 2.24) is 0 Å². The number of rotatable bonds is 2. The van der Waals surface area contributed by atoms with Crippen LogP contribution in [-0.4, -0.2) is 0 Å². The van der Waals surface area contributed by atoms with Gasteiger partial charge in [0.2, 0.25) is 0 Å². The SMILES string of the molecule is Cc1c(CS)cc(I)cc1N=[N+]=[N-]. The number of halogens is 1. The van der Waals surface area contributed by atoms with Crippen molar-refractivity contribution in [2.24, 2.45) is 5.11 Å². The summed E-state index contributed by atoms with van der Waals surface area (Å²) < 4.78 is 1.06. The number of benzene rings is 1. The average Bonchev–Trinajstić information content (AvgIpc) is 2.11. The molecule has 1 aromatic rings. The summed E-state index contributed by atoms with van der Waals surface area (Å²) >= 11 is 6.40. The lowest BCUT2D eigenvalue weighted by Gasteiger charge is -2.06. The summed E-state index contributed by atoms with van der Waals surface area (Å²) in [6.07, 6.45) is 0. The van der Waals surface area contributed by atoms with E-state index in [1.54, 1.807) is 0 Å². The van der Waals surface area contributed by atoms with Crippen LogP contribution in [0.1, 0.15) is 11.1 Å². The first-order chi connectivity index (χ1) is 6.19. The molecule has 0 radical (unpaired) electrons. The van der Waals surface area contributed by atoms with E-state index in [-0.39, 0.29) is 0 Å². The number of hydrogen-bond acceptors (Lipinski definition) is 2. The summed E-state index contributed by atoms with van der Waals surface area (Å²) in [5.41, 5.74) is 11.1. The molecule has 0 unspecified atom stereocenters. The van der Waals surface area contributed by atoms with Crippen molar-refractivity contribution < 1.29 is 0 Å². The van der Waals surface area contributed by atoms with Gasteiger partial charge < -0.3 is 0 Å². The molecular weight excluding hydrogens is 297 g/mol. The highest BCUT2D eigenvalue weighted by Gasteiger charge is 2.03. The summed E-state index contributed by atoms with van der Waals surface area (Å²) in [6, 6.07) is 3.90. The summed E-state index contributed by atoms with van der Waals surface area (Å²) in [7, 11) is 0. The highest BCUT2D eigenvalue weighted by molar-refractivity contribution is 14.1. The summed E-state index contributed by atoms with van der Waals surface area (Å²) in [6.45, 7) is 1.94. The Morgan fingerprint density at radius 2 is 2.31 bits per heavy atom. The summed E-state index contributed by atoms with van der Waals surface area (Å²) in [5.74, 6) is 0.663. The second kappa shape index (κ2) is 4.74. The third-order valence-corrected chi connectivity index (χ3v) is 2.74. The molecule has 0 saturated carbocycles. The number of nitrogens with zero attached hydrogens (tertiary/aromatic N) is 3. The molecule has 0 atom stereocenters. The van der Waals surface area contributed by atoms with Crippen LogP contribution in [0.3, 0.4) is 0 Å². The average molecular weight is 305 g/mol. The van der Waals surface area contributed by atoms with Crippen molar-refractivity contribution in [3.8, 4) is 0 Å². The molecule has 1 aromatic carbocycles. The Labute approximate surface area is 95.7 Å². The molecule has 0 heterocycles. The van der Waals surface area contributed by atoms with E-state index >= 15 is 0 Å². The Kier molecular flexibility index (Phi) is 3.90. The highest BCUT2D eigenvalue weighted by Crippen LogP contribution is 2.26. The summed E-state index contributed by atoms with van der Waals surface area (Å²) in [4.78, 5) is 2.78. The fourth-order valence-electron chi connectivity index (χ4n) is 1.04. The fraction of sp³-hybridized carbons (Fsp3) is 0.250. The molecule has 0 amide bonds. The van der Waals surface area contributed by atoms with Crippen LogP contribution < -0.4 is 0 Å². The van der Waals surface area contributed by atoms with Crippen LogP contribution in [0.4, 0.5) is 5.69 Å². The predicted molar refractivity (Wildman–Crippen MR) is 65.4 cm³/mol. The lowest BCUT2D eigenvalue weighted by atomic mass is 10.1. The third-order valence-electron chi connectivity index (χ3n) is 1.78. The second-order valence-corrected chi connectivity index (χ2v) is 4.12. The van der Waals surface area contributed by atoms with Gasteiger partial charge in [0.25, 0.3) is 0 Å². The van der Waals surface area contributed by atoms with Crippen molar-refractivity contribution in [2.45, 2.75) is 12.7 Å². The Morgan fingerprint density at radius 1 is 1.62 bits per heavy atom. The molecule has 0 saturated heterocycles. The van der Waals surface area contributed by atoms with Gasteiger partial charge in [-0.3, -0.25) is 0 Å². The van der Waals surface area contributed by atoms with E-state index in [9.17, 15) is 0 Å². The maximum absolute atomic E-state index is 8.34. The number of hydrogen-bond donors (Lipinski definition) is 1. The Morgan fingerprint density at radius 3 is 2.85 bits per heavy atom. The minimum atomic E-state index is 0.663. The van der Waals surface area contributed by atoms with Gasteiger partial charge in [0, 0.05) is 19.9 Å². The maximum Gasteiger partial charge on any atom is 0.0418 e. The van der Waals surface area contributed by atoms with E-state index in [1.807, 2.05) is 19.1 Å². The van der Waals surface area contributed by atoms with Gasteiger partial charge in [-0.25, -0.2) is 0 Å². The molecule has 0 aliphatic carbocycles. The number of azide groups is 1. The molecule has 13 heavy (non-hydrogen) atoms. The van der Waals surface area contributed by atoms with Crippen molar-refractivity contribution in [3.05, 3.63) is 37.3 Å². The molecule has 0 spiro atoms. The molecule has 0 fully saturated rings. The van der Waals surface area contributed by atoms with E-state index in [0.717, 1.165) is 14.7 Å². The minimum absolute atomic E-state index is 0.663. The molecule has 1 rings (SSSR count). The predicted octanol–water partition coefficient (Wildman–Crippen LogP) is 3.97. The fourth-order valence-corrected chi connectivity index (χ4v) is 2.04. The van der Waals surface area contributed by atoms with Crippen molar-refractivity contribution >= 4 is 40.9 Å². The van der Waals surface area contributed by atoms with Crippen LogP contribution in [0, 0.1) is 10.5 Å². The first kappa shape index (κ1) is 10.7. The van der Waals surface area contributed by atoms with Crippen LogP contribution in [0.2, 0.25) is 0 Å². The molecule has 0 N–H and O–H groups in total. The Bertz CT molecular complexity index is 372. The van der Waals surface area contributed by atoms with Crippen molar-refractivity contribution in [3.63, 3.8) is 0 Å². The lowest BCUT2D eigenvalue weighted by Crippen LogP contribution is -1.86. The molecule has 68 valence electrons. The Hall–Kier alpha value is -0.390. The van der Waals surface area contributed by atoms with E-state index in [0.29, 0.717) is 11.4 Å².